The Kier molecular flexibility index (Phi) is 20.7. The average Bonchev–Trinajstić information content (AvgIpc) is 3.82. The fourth-order valence-corrected chi connectivity index (χ4v) is 6.90. The molecule has 18 nitrogen and oxygen atoms in total. The average molecular weight is 853 g/mol. The van der Waals surface area contributed by atoms with Crippen LogP contribution in [0.3, 0.4) is 0 Å². The molecule has 0 aliphatic carbocycles. The number of carbonyl (C=O) groups is 3. The van der Waals surface area contributed by atoms with E-state index in [4.69, 9.17) is 38.9 Å². The molecule has 0 unspecified atom stereocenters. The highest BCUT2D eigenvalue weighted by Gasteiger charge is 2.23. The Morgan fingerprint density at radius 2 is 1.36 bits per heavy atom. The van der Waals surface area contributed by atoms with Crippen molar-refractivity contribution in [3.05, 3.63) is 53.7 Å². The monoisotopic (exact) mass is 852 g/mol. The normalized spacial score (nSPS) is 14.5. The Labute approximate surface area is 358 Å². The number of imide groups is 1. The molecule has 0 atom stereocenters. The van der Waals surface area contributed by atoms with Gasteiger partial charge in [0.15, 0.2) is 5.82 Å². The third-order valence-corrected chi connectivity index (χ3v) is 10.2. The lowest BCUT2D eigenvalue weighted by Gasteiger charge is -2.35. The molecule has 61 heavy (non-hydrogen) atoms. The van der Waals surface area contributed by atoms with Crippen molar-refractivity contribution in [1.82, 2.24) is 29.2 Å². The predicted octanol–water partition coefficient (Wildman–Crippen LogP) is 2.73. The van der Waals surface area contributed by atoms with Crippen molar-refractivity contribution in [1.29, 1.82) is 0 Å². The highest BCUT2D eigenvalue weighted by atomic mass is 16.6. The number of piperazine rings is 1. The van der Waals surface area contributed by atoms with Gasteiger partial charge in [-0.1, -0.05) is 31.9 Å². The molecule has 1 saturated heterocycles. The molecule has 2 aliphatic heterocycles. The molecule has 0 saturated carbocycles. The summed E-state index contributed by atoms with van der Waals surface area (Å²) >= 11 is 0. The number of nitrogens with zero attached hydrogens (tertiary/aromatic N) is 6. The van der Waals surface area contributed by atoms with E-state index in [0.717, 1.165) is 84.1 Å². The van der Waals surface area contributed by atoms with E-state index in [2.05, 4.69) is 49.9 Å². The highest BCUT2D eigenvalue weighted by Crippen LogP contribution is 2.27. The zero-order valence-corrected chi connectivity index (χ0v) is 35.9. The molecule has 3 amide bonds. The van der Waals surface area contributed by atoms with Gasteiger partial charge in [-0.05, 0) is 24.1 Å². The van der Waals surface area contributed by atoms with Crippen molar-refractivity contribution in [3.8, 4) is 5.75 Å². The first-order chi connectivity index (χ1) is 29.9. The number of amides is 3. The van der Waals surface area contributed by atoms with Crippen LogP contribution >= 0.6 is 0 Å². The summed E-state index contributed by atoms with van der Waals surface area (Å²) in [6.07, 6.45) is 8.23. The number of hydrogen-bond acceptors (Lipinski definition) is 15. The molecule has 5 rings (SSSR count). The van der Waals surface area contributed by atoms with Crippen LogP contribution in [0.4, 0.5) is 11.8 Å². The second-order valence-electron chi connectivity index (χ2n) is 14.6. The minimum absolute atomic E-state index is 0.105. The second-order valence-corrected chi connectivity index (χ2v) is 14.6. The maximum absolute atomic E-state index is 12.9. The van der Waals surface area contributed by atoms with Crippen LogP contribution in [0.5, 0.6) is 5.75 Å². The minimum Gasteiger partial charge on any atom is -0.496 e. The van der Waals surface area contributed by atoms with Crippen molar-refractivity contribution in [2.75, 3.05) is 137 Å². The van der Waals surface area contributed by atoms with Gasteiger partial charge in [0.25, 0.3) is 11.8 Å². The van der Waals surface area contributed by atoms with Gasteiger partial charge in [0.05, 0.1) is 111 Å². The first-order valence-corrected chi connectivity index (χ1v) is 21.4. The van der Waals surface area contributed by atoms with E-state index in [1.807, 2.05) is 17.2 Å². The lowest BCUT2D eigenvalue weighted by molar-refractivity contribution is -0.138. The number of nitrogen functional groups attached to an aromatic ring is 1. The maximum Gasteiger partial charge on any atom is 0.253 e. The molecule has 1 fully saturated rings. The van der Waals surface area contributed by atoms with E-state index < -0.39 is 0 Å². The number of anilines is 2. The van der Waals surface area contributed by atoms with Crippen molar-refractivity contribution >= 4 is 40.5 Å². The molecule has 0 spiro atoms. The van der Waals surface area contributed by atoms with Gasteiger partial charge in [0.2, 0.25) is 11.9 Å². The molecular weight excluding hydrogens is 789 g/mol. The SMILES string of the molecule is CCCCCNc1nc(N)nc2ccn(Cc3ccc(CN4CCN(C(=O)CCOCCOCCOCCOCCOCCOCCN5C(=O)C=CC5=O)CC4)cc3OC)c12. The van der Waals surface area contributed by atoms with Crippen molar-refractivity contribution in [2.45, 2.75) is 45.7 Å². The molecule has 2 aliphatic rings. The van der Waals surface area contributed by atoms with E-state index in [9.17, 15) is 14.4 Å². The quantitative estimate of drug-likeness (QED) is 0.0709. The first-order valence-electron chi connectivity index (χ1n) is 21.4. The lowest BCUT2D eigenvalue weighted by Crippen LogP contribution is -2.48. The van der Waals surface area contributed by atoms with Crippen LogP contribution in [-0.4, -0.2) is 173 Å². The van der Waals surface area contributed by atoms with Gasteiger partial charge in [-0.25, -0.2) is 4.98 Å². The summed E-state index contributed by atoms with van der Waals surface area (Å²) in [6.45, 7) is 12.5. The van der Waals surface area contributed by atoms with Crippen LogP contribution in [0.25, 0.3) is 11.0 Å². The van der Waals surface area contributed by atoms with Crippen LogP contribution < -0.4 is 15.8 Å². The van der Waals surface area contributed by atoms with Crippen molar-refractivity contribution in [3.63, 3.8) is 0 Å². The Balaban J connectivity index is 0.850. The number of benzene rings is 1. The summed E-state index contributed by atoms with van der Waals surface area (Å²) in [4.78, 5) is 50.2. The Morgan fingerprint density at radius 1 is 0.754 bits per heavy atom. The van der Waals surface area contributed by atoms with Crippen molar-refractivity contribution in [2.24, 2.45) is 0 Å². The Hall–Kier alpha value is -4.69. The van der Waals surface area contributed by atoms with Crippen LogP contribution in [0, 0.1) is 0 Å². The number of aromatic nitrogens is 3. The number of methoxy groups -OCH3 is 1. The smallest absolute Gasteiger partial charge is 0.253 e. The van der Waals surface area contributed by atoms with E-state index >= 15 is 0 Å². The van der Waals surface area contributed by atoms with Gasteiger partial charge in [-0.3, -0.25) is 24.2 Å². The zero-order valence-electron chi connectivity index (χ0n) is 35.9. The lowest BCUT2D eigenvalue weighted by atomic mass is 10.1. The predicted molar refractivity (Wildman–Crippen MR) is 229 cm³/mol. The number of nitrogens with two attached hydrogens (primary N) is 1. The molecule has 1 aromatic carbocycles. The van der Waals surface area contributed by atoms with Gasteiger partial charge in [0.1, 0.15) is 11.3 Å². The minimum atomic E-state index is -0.312. The number of ether oxygens (including phenoxy) is 7. The molecule has 3 N–H and O–H groups in total. The van der Waals surface area contributed by atoms with Crippen LogP contribution in [0.1, 0.15) is 43.7 Å². The molecule has 336 valence electrons. The second kappa shape index (κ2) is 26.6. The van der Waals surface area contributed by atoms with E-state index in [1.54, 1.807) is 7.11 Å². The summed E-state index contributed by atoms with van der Waals surface area (Å²) in [6, 6.07) is 8.35. The summed E-state index contributed by atoms with van der Waals surface area (Å²) in [5, 5.41) is 3.47. The fourth-order valence-electron chi connectivity index (χ4n) is 6.90. The van der Waals surface area contributed by atoms with Gasteiger partial charge < -0.3 is 53.7 Å². The topological polar surface area (TPSA) is 194 Å². The first kappa shape index (κ1) is 47.4. The van der Waals surface area contributed by atoms with Gasteiger partial charge in [-0.15, -0.1) is 0 Å². The number of hydrogen-bond donors (Lipinski definition) is 2. The van der Waals surface area contributed by atoms with E-state index in [1.165, 1.54) is 12.2 Å². The molecule has 18 heteroatoms. The van der Waals surface area contributed by atoms with Crippen LogP contribution in [-0.2, 0) is 55.9 Å². The fraction of sp³-hybridized carbons (Fsp3) is 0.605. The third kappa shape index (κ3) is 15.9. The van der Waals surface area contributed by atoms with E-state index in [0.29, 0.717) is 98.7 Å². The van der Waals surface area contributed by atoms with Crippen molar-refractivity contribution < 1.29 is 47.5 Å². The zero-order chi connectivity index (χ0) is 43.1. The number of unbranched alkanes of at least 4 members (excludes halogenated alkanes) is 2. The molecule has 0 bridgehead atoms. The summed E-state index contributed by atoms with van der Waals surface area (Å²) in [5.74, 6) is 1.31. The van der Waals surface area contributed by atoms with Gasteiger partial charge in [0, 0.05) is 63.2 Å². The highest BCUT2D eigenvalue weighted by molar-refractivity contribution is 6.12. The Bertz CT molecular complexity index is 1820. The molecule has 3 aromatic rings. The molecule has 2 aromatic heterocycles. The van der Waals surface area contributed by atoms with E-state index in [-0.39, 0.29) is 36.8 Å². The number of nitrogens with one attached hydrogen (secondary N) is 1. The summed E-state index contributed by atoms with van der Waals surface area (Å²) in [5.41, 5.74) is 9.96. The number of rotatable bonds is 31. The number of fused-ring (bicyclic) bond motifs is 1. The largest absolute Gasteiger partial charge is 0.496 e. The maximum atomic E-state index is 12.9. The van der Waals surface area contributed by atoms with Crippen LogP contribution in [0.15, 0.2) is 42.6 Å². The van der Waals surface area contributed by atoms with Gasteiger partial charge in [-0.2, -0.15) is 4.98 Å². The number of carbonyl (C=O) groups excluding carboxylic acids is 3. The standard InChI is InChI=1S/C43H64N8O10/c1-3-4-5-12-45-42-41-36(46-43(44)47-42)10-13-50(41)33-35-7-6-34(31-37(35)55-2)32-48-14-16-49(17-15-48)38(52)11-19-56-21-23-58-25-27-60-29-30-61-28-26-59-24-22-57-20-18-51-39(53)8-9-40(51)54/h6-10,13,31H,3-5,11-12,14-30,32-33H2,1-2H3,(H3,44,45,46,47). The van der Waals surface area contributed by atoms with Crippen LogP contribution in [0.2, 0.25) is 0 Å². The van der Waals surface area contributed by atoms with Gasteiger partial charge >= 0.3 is 0 Å². The third-order valence-electron chi connectivity index (χ3n) is 10.2. The molecule has 4 heterocycles. The summed E-state index contributed by atoms with van der Waals surface area (Å²) < 4.78 is 41.0. The Morgan fingerprint density at radius 3 is 1.97 bits per heavy atom. The summed E-state index contributed by atoms with van der Waals surface area (Å²) in [7, 11) is 1.70. The molecular formula is C43H64N8O10. The molecule has 0 radical (unpaired) electrons.